The first kappa shape index (κ1) is 22.0. The second-order valence-electron chi connectivity index (χ2n) is 8.03. The Balaban J connectivity index is 1.46. The van der Waals surface area contributed by atoms with Crippen LogP contribution in [0.25, 0.3) is 0 Å². The number of ether oxygens (including phenoxy) is 1. The normalized spacial score (nSPS) is 14.5. The third-order valence-electron chi connectivity index (χ3n) is 5.58. The molecule has 0 aromatic heterocycles. The van der Waals surface area contributed by atoms with Crippen molar-refractivity contribution in [1.82, 2.24) is 9.80 Å². The van der Waals surface area contributed by atoms with Crippen molar-refractivity contribution in [3.63, 3.8) is 0 Å². The van der Waals surface area contributed by atoms with Crippen LogP contribution < -0.4 is 15.0 Å². The molecule has 1 amide bonds. The molecule has 0 spiro atoms. The molecule has 6 heteroatoms. The summed E-state index contributed by atoms with van der Waals surface area (Å²) in [6.45, 7) is 8.03. The predicted octanol–water partition coefficient (Wildman–Crippen LogP) is 3.33. The fourth-order valence-electron chi connectivity index (χ4n) is 3.86. The Morgan fingerprint density at radius 2 is 1.83 bits per heavy atom. The summed E-state index contributed by atoms with van der Waals surface area (Å²) in [6, 6.07) is 14.2. The van der Waals surface area contributed by atoms with Gasteiger partial charge in [-0.15, -0.1) is 0 Å². The molecule has 1 saturated heterocycles. The van der Waals surface area contributed by atoms with Crippen molar-refractivity contribution >= 4 is 17.3 Å². The quantitative estimate of drug-likeness (QED) is 0.677. The number of carbonyl (C=O) groups excluding carboxylic acids is 1. The number of methoxy groups -OCH3 is 1. The van der Waals surface area contributed by atoms with Gasteiger partial charge in [-0.3, -0.25) is 9.69 Å². The molecule has 0 atom stereocenters. The number of amides is 1. The zero-order chi connectivity index (χ0) is 21.5. The predicted molar refractivity (Wildman–Crippen MR) is 124 cm³/mol. The van der Waals surface area contributed by atoms with Crippen molar-refractivity contribution in [1.29, 1.82) is 0 Å². The summed E-state index contributed by atoms with van der Waals surface area (Å²) in [4.78, 5) is 19.0. The highest BCUT2D eigenvalue weighted by molar-refractivity contribution is 5.99. The number of benzene rings is 2. The Labute approximate surface area is 180 Å². The topological polar surface area (TPSA) is 48.1 Å². The third-order valence-corrected chi connectivity index (χ3v) is 5.58. The van der Waals surface area contributed by atoms with Crippen LogP contribution in [0.3, 0.4) is 0 Å². The Hall–Kier alpha value is -2.73. The first-order valence-corrected chi connectivity index (χ1v) is 10.7. The van der Waals surface area contributed by atoms with Gasteiger partial charge in [-0.2, -0.15) is 0 Å². The van der Waals surface area contributed by atoms with Gasteiger partial charge in [0.2, 0.25) is 0 Å². The minimum atomic E-state index is 0.0358. The van der Waals surface area contributed by atoms with E-state index in [0.29, 0.717) is 0 Å². The van der Waals surface area contributed by atoms with Crippen molar-refractivity contribution in [2.24, 2.45) is 0 Å². The summed E-state index contributed by atoms with van der Waals surface area (Å²) in [5, 5.41) is 3.46. The fourth-order valence-corrected chi connectivity index (χ4v) is 3.86. The average molecular weight is 411 g/mol. The Morgan fingerprint density at radius 1 is 1.10 bits per heavy atom. The van der Waals surface area contributed by atoms with Gasteiger partial charge < -0.3 is 19.9 Å². The van der Waals surface area contributed by atoms with E-state index in [0.717, 1.165) is 68.3 Å². The second kappa shape index (κ2) is 10.3. The maximum Gasteiger partial charge on any atom is 0.255 e. The second-order valence-corrected chi connectivity index (χ2v) is 8.03. The number of anilines is 2. The number of hydrogen-bond acceptors (Lipinski definition) is 5. The minimum Gasteiger partial charge on any atom is -0.495 e. The molecule has 0 aliphatic carbocycles. The average Bonchev–Trinajstić information content (AvgIpc) is 2.77. The standard InChI is InChI=1S/C24H34N4O2/c1-19-10-11-21(20(18-19)24(29)26(2)3)25-12-7-13-27-14-16-28(17-15-27)22-8-5-6-9-23(22)30-4/h5-6,8-11,18,25H,7,12-17H2,1-4H3. The van der Waals surface area contributed by atoms with Crippen LogP contribution in [0.4, 0.5) is 11.4 Å². The van der Waals surface area contributed by atoms with E-state index in [2.05, 4.69) is 27.2 Å². The van der Waals surface area contributed by atoms with Gasteiger partial charge in [-0.05, 0) is 44.2 Å². The lowest BCUT2D eigenvalue weighted by molar-refractivity contribution is 0.0828. The molecule has 2 aromatic carbocycles. The SMILES string of the molecule is COc1ccccc1N1CCN(CCCNc2ccc(C)cc2C(=O)N(C)C)CC1. The van der Waals surface area contributed by atoms with Crippen LogP contribution in [0, 0.1) is 6.92 Å². The number of para-hydroxylation sites is 2. The van der Waals surface area contributed by atoms with Gasteiger partial charge in [0.1, 0.15) is 5.75 Å². The summed E-state index contributed by atoms with van der Waals surface area (Å²) < 4.78 is 5.50. The lowest BCUT2D eigenvalue weighted by atomic mass is 10.1. The fraction of sp³-hybridized carbons (Fsp3) is 0.458. The first-order valence-electron chi connectivity index (χ1n) is 10.7. The van der Waals surface area contributed by atoms with Crippen molar-refractivity contribution in [3.05, 3.63) is 53.6 Å². The van der Waals surface area contributed by atoms with Gasteiger partial charge in [0.25, 0.3) is 5.91 Å². The molecule has 1 fully saturated rings. The van der Waals surface area contributed by atoms with Crippen molar-refractivity contribution in [2.45, 2.75) is 13.3 Å². The Morgan fingerprint density at radius 3 is 2.53 bits per heavy atom. The molecular weight excluding hydrogens is 376 g/mol. The number of rotatable bonds is 8. The van der Waals surface area contributed by atoms with Crippen LogP contribution in [0.15, 0.2) is 42.5 Å². The van der Waals surface area contributed by atoms with E-state index >= 15 is 0 Å². The van der Waals surface area contributed by atoms with Gasteiger partial charge in [0.05, 0.1) is 18.4 Å². The molecule has 3 rings (SSSR count). The number of nitrogens with zero attached hydrogens (tertiary/aromatic N) is 3. The van der Waals surface area contributed by atoms with Gasteiger partial charge in [0, 0.05) is 52.5 Å². The molecule has 162 valence electrons. The van der Waals surface area contributed by atoms with Gasteiger partial charge in [0.15, 0.2) is 0 Å². The van der Waals surface area contributed by atoms with Crippen LogP contribution in [0.2, 0.25) is 0 Å². The minimum absolute atomic E-state index is 0.0358. The Kier molecular flexibility index (Phi) is 7.57. The highest BCUT2D eigenvalue weighted by atomic mass is 16.5. The molecule has 0 radical (unpaired) electrons. The lowest BCUT2D eigenvalue weighted by Crippen LogP contribution is -2.47. The molecule has 6 nitrogen and oxygen atoms in total. The highest BCUT2D eigenvalue weighted by Gasteiger charge is 2.19. The molecule has 0 unspecified atom stereocenters. The van der Waals surface area contributed by atoms with Crippen molar-refractivity contribution in [2.75, 3.05) is 70.7 Å². The van der Waals surface area contributed by atoms with Gasteiger partial charge >= 0.3 is 0 Å². The van der Waals surface area contributed by atoms with Crippen LogP contribution in [0.5, 0.6) is 5.75 Å². The molecular formula is C24H34N4O2. The largest absolute Gasteiger partial charge is 0.495 e. The monoisotopic (exact) mass is 410 g/mol. The zero-order valence-corrected chi connectivity index (χ0v) is 18.6. The number of hydrogen-bond donors (Lipinski definition) is 1. The van der Waals surface area contributed by atoms with Gasteiger partial charge in [-0.25, -0.2) is 0 Å². The maximum atomic E-state index is 12.5. The van der Waals surface area contributed by atoms with E-state index in [1.165, 1.54) is 5.69 Å². The van der Waals surface area contributed by atoms with E-state index in [9.17, 15) is 4.79 Å². The smallest absolute Gasteiger partial charge is 0.255 e. The lowest BCUT2D eigenvalue weighted by Gasteiger charge is -2.36. The Bertz CT molecular complexity index is 845. The molecule has 0 saturated carbocycles. The molecule has 30 heavy (non-hydrogen) atoms. The maximum absolute atomic E-state index is 12.5. The molecule has 1 N–H and O–H groups in total. The summed E-state index contributed by atoms with van der Waals surface area (Å²) in [5.74, 6) is 0.977. The number of piperazine rings is 1. The van der Waals surface area contributed by atoms with E-state index in [1.54, 1.807) is 26.1 Å². The number of carbonyl (C=O) groups is 1. The van der Waals surface area contributed by atoms with E-state index in [-0.39, 0.29) is 5.91 Å². The van der Waals surface area contributed by atoms with E-state index < -0.39 is 0 Å². The zero-order valence-electron chi connectivity index (χ0n) is 18.6. The summed E-state index contributed by atoms with van der Waals surface area (Å²) >= 11 is 0. The van der Waals surface area contributed by atoms with Crippen molar-refractivity contribution in [3.8, 4) is 5.75 Å². The number of nitrogens with one attached hydrogen (secondary N) is 1. The van der Waals surface area contributed by atoms with Gasteiger partial charge in [-0.1, -0.05) is 23.8 Å². The molecule has 1 aliphatic heterocycles. The van der Waals surface area contributed by atoms with Crippen LogP contribution in [-0.2, 0) is 0 Å². The van der Waals surface area contributed by atoms with Crippen LogP contribution >= 0.6 is 0 Å². The van der Waals surface area contributed by atoms with Crippen LogP contribution in [-0.4, -0.2) is 76.2 Å². The van der Waals surface area contributed by atoms with Crippen molar-refractivity contribution < 1.29 is 9.53 Å². The first-order chi connectivity index (χ1) is 14.5. The van der Waals surface area contributed by atoms with Crippen LogP contribution in [0.1, 0.15) is 22.3 Å². The highest BCUT2D eigenvalue weighted by Crippen LogP contribution is 2.28. The van der Waals surface area contributed by atoms with E-state index in [4.69, 9.17) is 4.74 Å². The third kappa shape index (κ3) is 5.45. The summed E-state index contributed by atoms with van der Waals surface area (Å²) in [5.41, 5.74) is 3.93. The summed E-state index contributed by atoms with van der Waals surface area (Å²) in [7, 11) is 5.31. The molecule has 1 aliphatic rings. The molecule has 0 bridgehead atoms. The number of aryl methyl sites for hydroxylation is 1. The molecule has 1 heterocycles. The molecule has 2 aromatic rings. The summed E-state index contributed by atoms with van der Waals surface area (Å²) in [6.07, 6.45) is 1.04. The van der Waals surface area contributed by atoms with E-state index in [1.807, 2.05) is 37.3 Å².